The number of aliphatic carboxylic acids is 2. The Balaban J connectivity index is 1.97. The lowest BCUT2D eigenvalue weighted by Gasteiger charge is -2.43. The number of hydrogen-bond acceptors (Lipinski definition) is 11. The molecule has 1 aromatic rings. The summed E-state index contributed by atoms with van der Waals surface area (Å²) in [4.78, 5) is 35.7. The Morgan fingerprint density at radius 2 is 1.81 bits per heavy atom. The number of hydrogen-bond donors (Lipinski definition) is 6. The fraction of sp³-hybridized carbons (Fsp3) is 0.500. The average Bonchev–Trinajstić information content (AvgIpc) is 2.94. The van der Waals surface area contributed by atoms with Crippen LogP contribution in [0.3, 0.4) is 0 Å². The number of ether oxygens (including phenoxy) is 3. The zero-order chi connectivity index (χ0) is 31.3. The van der Waals surface area contributed by atoms with E-state index < -0.39 is 79.4 Å². The molecule has 0 amide bonds. The summed E-state index contributed by atoms with van der Waals surface area (Å²) < 4.78 is 17.8. The molecule has 0 saturated carbocycles. The van der Waals surface area contributed by atoms with Crippen molar-refractivity contribution in [2.24, 2.45) is 17.8 Å². The van der Waals surface area contributed by atoms with Crippen molar-refractivity contribution in [1.82, 2.24) is 0 Å². The molecule has 3 heterocycles. The average molecular weight is 594 g/mol. The van der Waals surface area contributed by atoms with Crippen LogP contribution in [0.15, 0.2) is 49.0 Å². The van der Waals surface area contributed by atoms with Crippen LogP contribution < -0.4 is 9.67 Å². The number of carbonyl (C=O) groups excluding carboxylic acids is 1. The summed E-state index contributed by atoms with van der Waals surface area (Å²) in [6.07, 6.45) is -1.43. The number of carboxylic acid groups (broad SMARTS) is 3. The van der Waals surface area contributed by atoms with Crippen LogP contribution in [0, 0.1) is 17.8 Å². The lowest BCUT2D eigenvalue weighted by atomic mass is 9.83. The number of aromatic carboxylic acids is 1. The Kier molecular flexibility index (Phi) is 11.0. The van der Waals surface area contributed by atoms with Gasteiger partial charge in [0.05, 0.1) is 18.8 Å². The summed E-state index contributed by atoms with van der Waals surface area (Å²) in [6.45, 7) is 6.67. The van der Waals surface area contributed by atoms with E-state index in [0.717, 1.165) is 6.26 Å². The molecule has 42 heavy (non-hydrogen) atoms. The van der Waals surface area contributed by atoms with E-state index in [1.807, 2.05) is 13.8 Å². The molecule has 1 saturated heterocycles. The van der Waals surface area contributed by atoms with Crippen LogP contribution >= 0.6 is 0 Å². The van der Waals surface area contributed by atoms with Crippen molar-refractivity contribution in [2.45, 2.75) is 63.3 Å². The van der Waals surface area contributed by atoms with Crippen molar-refractivity contribution in [3.63, 3.8) is 0 Å². The van der Waals surface area contributed by atoms with E-state index in [1.54, 1.807) is 0 Å². The Bertz CT molecular complexity index is 1230. The van der Waals surface area contributed by atoms with Crippen molar-refractivity contribution in [2.75, 3.05) is 6.61 Å². The second-order valence-corrected chi connectivity index (χ2v) is 10.5. The van der Waals surface area contributed by atoms with Gasteiger partial charge in [-0.2, -0.15) is 4.57 Å². The van der Waals surface area contributed by atoms with Crippen LogP contribution in [0.4, 0.5) is 0 Å². The van der Waals surface area contributed by atoms with Gasteiger partial charge in [-0.3, -0.25) is 0 Å². The molecule has 230 valence electrons. The Hall–Kier alpha value is -3.66. The topological polar surface area (TPSA) is 227 Å². The summed E-state index contributed by atoms with van der Waals surface area (Å²) in [5.74, 6) is -6.06. The highest BCUT2D eigenvalue weighted by molar-refractivity contribution is 5.88. The van der Waals surface area contributed by atoms with Gasteiger partial charge in [-0.05, 0) is 12.0 Å². The standard InChI is InChI=1S/C28H35NO13/c1-4-16-17(6-5-14-8-15(24(34)35)10-29(9-14)19(26(38)39)7-13(2)3)18(25(36)37)12-40-27(16)42-28-23(33)22(32)21(31)20(11-30)41-28/h4-6,8-10,12-13,16-17,19-23,27-28,30-33H,1,7,11H2,2-3H3,(H2-,34,35,36,37,38,39)/b6-5+/t16-,17+,19+,20-,21-,22+,23-,27+,28+/m1/s1. The quantitative estimate of drug-likeness (QED) is 0.121. The van der Waals surface area contributed by atoms with E-state index >= 15 is 0 Å². The van der Waals surface area contributed by atoms with E-state index in [0.29, 0.717) is 0 Å². The molecule has 14 nitrogen and oxygen atoms in total. The Morgan fingerprint density at radius 1 is 1.12 bits per heavy atom. The third-order valence-electron chi connectivity index (χ3n) is 7.03. The highest BCUT2D eigenvalue weighted by atomic mass is 16.8. The number of aromatic nitrogens is 1. The zero-order valence-corrected chi connectivity index (χ0v) is 22.9. The molecule has 1 fully saturated rings. The van der Waals surface area contributed by atoms with Crippen LogP contribution in [0.1, 0.15) is 42.2 Å². The first-order valence-corrected chi connectivity index (χ1v) is 13.1. The predicted molar refractivity (Wildman–Crippen MR) is 139 cm³/mol. The Morgan fingerprint density at radius 3 is 2.36 bits per heavy atom. The van der Waals surface area contributed by atoms with Crippen LogP contribution in [0.2, 0.25) is 0 Å². The molecular weight excluding hydrogens is 558 g/mol. The van der Waals surface area contributed by atoms with Crippen molar-refractivity contribution in [3.8, 4) is 0 Å². The molecule has 1 aromatic heterocycles. The van der Waals surface area contributed by atoms with Crippen LogP contribution in [-0.4, -0.2) is 92.1 Å². The third-order valence-corrected chi connectivity index (χ3v) is 7.03. The number of aliphatic hydroxyl groups excluding tert-OH is 4. The van der Waals surface area contributed by atoms with E-state index in [2.05, 4.69) is 6.58 Å². The van der Waals surface area contributed by atoms with Gasteiger partial charge in [-0.15, -0.1) is 6.58 Å². The molecule has 6 N–H and O–H groups in total. The molecule has 0 unspecified atom stereocenters. The molecular formula is C28H35NO13. The fourth-order valence-electron chi connectivity index (χ4n) is 4.82. The van der Waals surface area contributed by atoms with Gasteiger partial charge in [0.15, 0.2) is 18.7 Å². The normalized spacial score (nSPS) is 30.4. The first kappa shape index (κ1) is 32.8. The molecule has 9 atom stereocenters. The molecule has 0 bridgehead atoms. The first-order valence-electron chi connectivity index (χ1n) is 13.1. The molecule has 0 aliphatic carbocycles. The molecule has 2 aliphatic rings. The van der Waals surface area contributed by atoms with Crippen LogP contribution in [-0.2, 0) is 23.8 Å². The zero-order valence-electron chi connectivity index (χ0n) is 22.9. The molecule has 3 rings (SSSR count). The number of carboxylic acids is 3. The maximum Gasteiger partial charge on any atom is 0.373 e. The molecule has 2 aliphatic heterocycles. The van der Waals surface area contributed by atoms with E-state index in [4.69, 9.17) is 14.2 Å². The summed E-state index contributed by atoms with van der Waals surface area (Å²) in [5.41, 5.74) is -0.266. The maximum atomic E-state index is 12.0. The molecule has 0 aromatic carbocycles. The minimum absolute atomic E-state index is 0.0157. The Labute approximate surface area is 241 Å². The third kappa shape index (κ3) is 7.40. The number of allylic oxidation sites excluding steroid dienone is 1. The van der Waals surface area contributed by atoms with Gasteiger partial charge >= 0.3 is 11.9 Å². The van der Waals surface area contributed by atoms with Crippen molar-refractivity contribution >= 4 is 24.0 Å². The second-order valence-electron chi connectivity index (χ2n) is 10.5. The van der Waals surface area contributed by atoms with Gasteiger partial charge in [0.1, 0.15) is 30.0 Å². The monoisotopic (exact) mass is 593 g/mol. The molecule has 14 heteroatoms. The van der Waals surface area contributed by atoms with Gasteiger partial charge in [0.25, 0.3) is 6.04 Å². The largest absolute Gasteiger partial charge is 0.545 e. The minimum Gasteiger partial charge on any atom is -0.545 e. The lowest BCUT2D eigenvalue weighted by Crippen LogP contribution is -2.60. The summed E-state index contributed by atoms with van der Waals surface area (Å²) >= 11 is 0. The summed E-state index contributed by atoms with van der Waals surface area (Å²) in [6, 6.07) is 0.228. The first-order chi connectivity index (χ1) is 19.8. The van der Waals surface area contributed by atoms with E-state index in [9.17, 15) is 50.1 Å². The number of nitrogens with zero attached hydrogens (tertiary/aromatic N) is 1. The van der Waals surface area contributed by atoms with Gasteiger partial charge in [-0.1, -0.05) is 32.1 Å². The number of rotatable bonds is 12. The van der Waals surface area contributed by atoms with Gasteiger partial charge < -0.3 is 54.8 Å². The van der Waals surface area contributed by atoms with Gasteiger partial charge in [0.2, 0.25) is 6.29 Å². The predicted octanol–water partition coefficient (Wildman–Crippen LogP) is -1.42. The minimum atomic E-state index is -1.75. The van der Waals surface area contributed by atoms with Crippen LogP contribution in [0.25, 0.3) is 6.08 Å². The number of pyridine rings is 1. The smallest absolute Gasteiger partial charge is 0.373 e. The number of aliphatic hydroxyl groups is 4. The van der Waals surface area contributed by atoms with Crippen molar-refractivity contribution in [3.05, 3.63) is 60.2 Å². The SMILES string of the molecule is C=C[C@H]1[C@H](O[C@@H]2O[C@H](CO)[C@@H](O)[C@H](O)[C@H]2O)OC=C(C(=O)[O-])[C@H]1/C=C/c1cc(C(=O)O)c[n+]([C@@H](CC(C)C)C(=O)O)c1. The van der Waals surface area contributed by atoms with E-state index in [1.165, 1.54) is 41.3 Å². The summed E-state index contributed by atoms with van der Waals surface area (Å²) in [7, 11) is 0. The van der Waals surface area contributed by atoms with Gasteiger partial charge in [-0.25, -0.2) is 9.59 Å². The second kappa shape index (κ2) is 14.0. The summed E-state index contributed by atoms with van der Waals surface area (Å²) in [5, 5.41) is 71.2. The fourth-order valence-corrected chi connectivity index (χ4v) is 4.82. The highest BCUT2D eigenvalue weighted by Crippen LogP contribution is 2.35. The van der Waals surface area contributed by atoms with Gasteiger partial charge in [0, 0.05) is 29.4 Å². The molecule has 0 radical (unpaired) electrons. The highest BCUT2D eigenvalue weighted by Gasteiger charge is 2.47. The van der Waals surface area contributed by atoms with E-state index in [-0.39, 0.29) is 29.0 Å². The van der Waals surface area contributed by atoms with Crippen molar-refractivity contribution < 1.29 is 68.9 Å². The van der Waals surface area contributed by atoms with Crippen LogP contribution in [0.5, 0.6) is 0 Å². The van der Waals surface area contributed by atoms with Crippen molar-refractivity contribution in [1.29, 1.82) is 0 Å². The maximum absolute atomic E-state index is 12.0. The molecule has 0 spiro atoms. The number of carbonyl (C=O) groups is 3. The lowest BCUT2D eigenvalue weighted by molar-refractivity contribution is -0.712.